The number of nitrogens with one attached hydrogen (secondary N) is 1. The Morgan fingerprint density at radius 3 is 3.09 bits per heavy atom. The number of carbonyl (C=O) groups excluding carboxylic acids is 2. The van der Waals surface area contributed by atoms with E-state index < -0.39 is 0 Å². The molecular weight excluding hydrogens is 306 g/mol. The van der Waals surface area contributed by atoms with Crippen LogP contribution >= 0.6 is 11.6 Å². The van der Waals surface area contributed by atoms with Gasteiger partial charge in [-0.2, -0.15) is 0 Å². The highest BCUT2D eigenvalue weighted by atomic mass is 35.5. The van der Waals surface area contributed by atoms with E-state index in [9.17, 15) is 9.59 Å². The third-order valence-electron chi connectivity index (χ3n) is 3.42. The van der Waals surface area contributed by atoms with Gasteiger partial charge in [-0.1, -0.05) is 11.6 Å². The van der Waals surface area contributed by atoms with E-state index >= 15 is 0 Å². The largest absolute Gasteiger partial charge is 0.481 e. The number of pyridine rings is 1. The molecule has 1 saturated heterocycles. The van der Waals surface area contributed by atoms with E-state index in [2.05, 4.69) is 10.3 Å². The van der Waals surface area contributed by atoms with Gasteiger partial charge in [0.25, 0.3) is 5.91 Å². The van der Waals surface area contributed by atoms with Gasteiger partial charge in [0.2, 0.25) is 5.91 Å². The predicted octanol–water partition coefficient (Wildman–Crippen LogP) is 1.23. The first-order chi connectivity index (χ1) is 10.6. The highest BCUT2D eigenvalue weighted by Crippen LogP contribution is 2.29. The average Bonchev–Trinajstić information content (AvgIpc) is 2.54. The van der Waals surface area contributed by atoms with Gasteiger partial charge in [-0.25, -0.2) is 0 Å². The molecule has 6 nitrogen and oxygen atoms in total. The minimum atomic E-state index is -0.228. The lowest BCUT2D eigenvalue weighted by atomic mass is 10.2. The zero-order valence-electron chi connectivity index (χ0n) is 11.7. The molecule has 0 aliphatic carbocycles. The number of fused-ring (bicyclic) bond motifs is 1. The van der Waals surface area contributed by atoms with Gasteiger partial charge in [0.05, 0.1) is 11.6 Å². The molecule has 2 heterocycles. The van der Waals surface area contributed by atoms with Crippen LogP contribution in [0.4, 0.5) is 0 Å². The van der Waals surface area contributed by atoms with Crippen molar-refractivity contribution in [2.75, 3.05) is 26.2 Å². The van der Waals surface area contributed by atoms with Gasteiger partial charge in [-0.15, -0.1) is 0 Å². The number of piperazine rings is 1. The minimum Gasteiger partial charge on any atom is -0.481 e. The summed E-state index contributed by atoms with van der Waals surface area (Å²) in [6.45, 7) is 0.895. The molecule has 0 unspecified atom stereocenters. The summed E-state index contributed by atoms with van der Waals surface area (Å²) in [7, 11) is 0. The Labute approximate surface area is 132 Å². The molecule has 22 heavy (non-hydrogen) atoms. The summed E-state index contributed by atoms with van der Waals surface area (Å²) in [5.41, 5.74) is 0.610. The molecule has 0 spiro atoms. The zero-order valence-corrected chi connectivity index (χ0v) is 12.5. The topological polar surface area (TPSA) is 71.5 Å². The molecule has 1 aromatic carbocycles. The van der Waals surface area contributed by atoms with Crippen LogP contribution in [0.15, 0.2) is 30.5 Å². The van der Waals surface area contributed by atoms with Crippen molar-refractivity contribution in [1.29, 1.82) is 0 Å². The average molecular weight is 320 g/mol. The number of hydrogen-bond acceptors (Lipinski definition) is 4. The molecule has 3 rings (SSSR count). The van der Waals surface area contributed by atoms with Crippen molar-refractivity contribution in [3.63, 3.8) is 0 Å². The molecule has 1 aliphatic rings. The van der Waals surface area contributed by atoms with Crippen LogP contribution in [0, 0.1) is 0 Å². The first-order valence-corrected chi connectivity index (χ1v) is 7.23. The number of hydrogen-bond donors (Lipinski definition) is 1. The van der Waals surface area contributed by atoms with Crippen LogP contribution in [-0.4, -0.2) is 47.9 Å². The maximum absolute atomic E-state index is 12.1. The third-order valence-corrected chi connectivity index (χ3v) is 3.75. The number of nitrogens with zero attached hydrogens (tertiary/aromatic N) is 2. The molecule has 2 amide bonds. The van der Waals surface area contributed by atoms with Gasteiger partial charge in [-0.05, 0) is 24.3 Å². The molecule has 2 aromatic rings. The number of aromatic nitrogens is 1. The van der Waals surface area contributed by atoms with E-state index in [-0.39, 0.29) is 25.0 Å². The quantitative estimate of drug-likeness (QED) is 0.923. The van der Waals surface area contributed by atoms with Gasteiger partial charge in [0.15, 0.2) is 6.61 Å². The maximum atomic E-state index is 12.1. The van der Waals surface area contributed by atoms with Crippen LogP contribution in [0.3, 0.4) is 0 Å². The van der Waals surface area contributed by atoms with Crippen LogP contribution in [0.5, 0.6) is 5.75 Å². The Hall–Kier alpha value is -2.34. The Bertz CT molecular complexity index is 735. The van der Waals surface area contributed by atoms with Gasteiger partial charge < -0.3 is 15.0 Å². The Kier molecular flexibility index (Phi) is 4.11. The van der Waals surface area contributed by atoms with Crippen LogP contribution in [-0.2, 0) is 9.59 Å². The molecular formula is C15H14ClN3O3. The van der Waals surface area contributed by atoms with Gasteiger partial charge in [0, 0.05) is 24.7 Å². The molecule has 1 fully saturated rings. The molecule has 114 valence electrons. The number of benzene rings is 1. The molecule has 1 aliphatic heterocycles. The summed E-state index contributed by atoms with van der Waals surface area (Å²) in [6.07, 6.45) is 1.64. The standard InChI is InChI=1S/C15H14ClN3O3/c16-11-3-4-12(15-10(11)2-1-5-18-15)22-9-14(21)19-7-6-17-13(20)8-19/h1-5H,6-9H2,(H,17,20). The van der Waals surface area contributed by atoms with E-state index in [1.807, 2.05) is 6.07 Å². The number of halogens is 1. The van der Waals surface area contributed by atoms with Crippen LogP contribution in [0.2, 0.25) is 5.02 Å². The number of amides is 2. The molecule has 0 radical (unpaired) electrons. The first kappa shape index (κ1) is 14.6. The Balaban J connectivity index is 1.73. The second-order valence-corrected chi connectivity index (χ2v) is 5.31. The number of carbonyl (C=O) groups is 2. The lowest BCUT2D eigenvalue weighted by molar-refractivity contribution is -0.139. The SMILES string of the molecule is O=C1CN(C(=O)COc2ccc(Cl)c3cccnc23)CCN1. The number of ether oxygens (including phenoxy) is 1. The summed E-state index contributed by atoms with van der Waals surface area (Å²) in [5, 5.41) is 4.02. The molecule has 0 atom stereocenters. The van der Waals surface area contributed by atoms with Crippen LogP contribution < -0.4 is 10.1 Å². The maximum Gasteiger partial charge on any atom is 0.261 e. The fourth-order valence-electron chi connectivity index (χ4n) is 2.31. The van der Waals surface area contributed by atoms with Crippen molar-refractivity contribution in [2.45, 2.75) is 0 Å². The second-order valence-electron chi connectivity index (χ2n) is 4.90. The third kappa shape index (κ3) is 2.96. The van der Waals surface area contributed by atoms with Crippen LogP contribution in [0.1, 0.15) is 0 Å². The molecule has 0 saturated carbocycles. The smallest absolute Gasteiger partial charge is 0.261 e. The normalized spacial score (nSPS) is 14.8. The van der Waals surface area contributed by atoms with Crippen molar-refractivity contribution in [3.05, 3.63) is 35.5 Å². The highest BCUT2D eigenvalue weighted by molar-refractivity contribution is 6.35. The molecule has 1 aromatic heterocycles. The molecule has 0 bridgehead atoms. The molecule has 1 N–H and O–H groups in total. The summed E-state index contributed by atoms with van der Waals surface area (Å²) in [4.78, 5) is 29.1. The van der Waals surface area contributed by atoms with Crippen molar-refractivity contribution < 1.29 is 14.3 Å². The van der Waals surface area contributed by atoms with Crippen molar-refractivity contribution in [3.8, 4) is 5.75 Å². The van der Waals surface area contributed by atoms with Crippen LogP contribution in [0.25, 0.3) is 10.9 Å². The van der Waals surface area contributed by atoms with E-state index in [1.54, 1.807) is 24.4 Å². The van der Waals surface area contributed by atoms with Gasteiger partial charge in [-0.3, -0.25) is 14.6 Å². The van der Waals surface area contributed by atoms with E-state index in [1.165, 1.54) is 4.90 Å². The predicted molar refractivity (Wildman–Crippen MR) is 81.8 cm³/mol. The Morgan fingerprint density at radius 1 is 1.41 bits per heavy atom. The van der Waals surface area contributed by atoms with Gasteiger partial charge in [0.1, 0.15) is 11.3 Å². The lowest BCUT2D eigenvalue weighted by Crippen LogP contribution is -2.51. The number of rotatable bonds is 3. The van der Waals surface area contributed by atoms with E-state index in [0.717, 1.165) is 5.39 Å². The summed E-state index contributed by atoms with van der Waals surface area (Å²) < 4.78 is 5.58. The summed E-state index contributed by atoms with van der Waals surface area (Å²) >= 11 is 6.11. The van der Waals surface area contributed by atoms with E-state index in [4.69, 9.17) is 16.3 Å². The zero-order chi connectivity index (χ0) is 15.5. The minimum absolute atomic E-state index is 0.0712. The first-order valence-electron chi connectivity index (χ1n) is 6.85. The second kappa shape index (κ2) is 6.19. The fraction of sp³-hybridized carbons (Fsp3) is 0.267. The monoisotopic (exact) mass is 319 g/mol. The van der Waals surface area contributed by atoms with Crippen molar-refractivity contribution >= 4 is 34.3 Å². The lowest BCUT2D eigenvalue weighted by Gasteiger charge is -2.26. The summed E-state index contributed by atoms with van der Waals surface area (Å²) in [6, 6.07) is 7.03. The molecule has 7 heteroatoms. The highest BCUT2D eigenvalue weighted by Gasteiger charge is 2.21. The van der Waals surface area contributed by atoms with E-state index in [0.29, 0.717) is 29.4 Å². The van der Waals surface area contributed by atoms with Gasteiger partial charge >= 0.3 is 0 Å². The fourth-order valence-corrected chi connectivity index (χ4v) is 2.53. The van der Waals surface area contributed by atoms with Crippen molar-refractivity contribution in [1.82, 2.24) is 15.2 Å². The Morgan fingerprint density at radius 2 is 2.27 bits per heavy atom. The van der Waals surface area contributed by atoms with Crippen molar-refractivity contribution in [2.24, 2.45) is 0 Å². The summed E-state index contributed by atoms with van der Waals surface area (Å²) in [5.74, 6) is 0.113.